The van der Waals surface area contributed by atoms with Crippen LogP contribution in [0.1, 0.15) is 16.0 Å². The Morgan fingerprint density at radius 1 is 1.02 bits per heavy atom. The lowest BCUT2D eigenvalue weighted by molar-refractivity contribution is -0.113. The number of rotatable bonds is 8. The third-order valence-corrected chi connectivity index (χ3v) is 8.94. The molecule has 0 saturated heterocycles. The molecule has 0 atom stereocenters. The molecule has 1 aliphatic rings. The zero-order chi connectivity index (χ0) is 27.5. The molecule has 0 aliphatic carbocycles. The highest BCUT2D eigenvalue weighted by atomic mass is 32.2. The van der Waals surface area contributed by atoms with Crippen LogP contribution in [0.2, 0.25) is 0 Å². The summed E-state index contributed by atoms with van der Waals surface area (Å²) in [7, 11) is 1.60. The molecule has 3 heterocycles. The summed E-state index contributed by atoms with van der Waals surface area (Å²) in [6, 6.07) is 27.2. The molecule has 202 valence electrons. The summed E-state index contributed by atoms with van der Waals surface area (Å²) < 4.78 is 6.83. The number of hydrogen-bond acceptors (Lipinski definition) is 7. The SMILES string of the molecule is COc1ccc(NC(=O)CSc2nc3sc4c(c3c(=O)n2-c2ccccc2)CCN(Cc2ccccc2)C4)cc1. The van der Waals surface area contributed by atoms with E-state index in [1.165, 1.54) is 22.2 Å². The molecular formula is C31H28N4O3S2. The molecule has 9 heteroatoms. The van der Waals surface area contributed by atoms with Gasteiger partial charge in [0, 0.05) is 30.2 Å². The third-order valence-electron chi connectivity index (χ3n) is 6.89. The Hall–Kier alpha value is -3.92. The van der Waals surface area contributed by atoms with Crippen molar-refractivity contribution >= 4 is 44.9 Å². The lowest BCUT2D eigenvalue weighted by Crippen LogP contribution is -2.30. The highest BCUT2D eigenvalue weighted by Gasteiger charge is 2.26. The summed E-state index contributed by atoms with van der Waals surface area (Å²) in [5, 5.41) is 4.12. The normalized spacial score (nSPS) is 13.2. The summed E-state index contributed by atoms with van der Waals surface area (Å²) in [6.45, 7) is 2.56. The van der Waals surface area contributed by atoms with Gasteiger partial charge in [-0.25, -0.2) is 4.98 Å². The van der Waals surface area contributed by atoms with E-state index in [4.69, 9.17) is 9.72 Å². The van der Waals surface area contributed by atoms with Gasteiger partial charge in [0.15, 0.2) is 5.16 Å². The van der Waals surface area contributed by atoms with E-state index < -0.39 is 0 Å². The predicted molar refractivity (Wildman–Crippen MR) is 162 cm³/mol. The standard InChI is InChI=1S/C31H28N4O3S2/c1-38-24-14-12-22(13-15-24)32-27(36)20-39-31-33-29-28(30(37)35(31)23-10-6-3-7-11-23)25-16-17-34(19-26(25)40-29)18-21-8-4-2-5-9-21/h2-15H,16-20H2,1H3,(H,32,36). The number of anilines is 1. The second kappa shape index (κ2) is 11.7. The lowest BCUT2D eigenvalue weighted by Gasteiger charge is -2.26. The van der Waals surface area contributed by atoms with E-state index in [0.29, 0.717) is 16.2 Å². The van der Waals surface area contributed by atoms with Crippen molar-refractivity contribution in [2.45, 2.75) is 24.7 Å². The van der Waals surface area contributed by atoms with Crippen LogP contribution in [-0.2, 0) is 24.3 Å². The fourth-order valence-electron chi connectivity index (χ4n) is 4.96. The molecule has 1 aliphatic heterocycles. The number of carbonyl (C=O) groups is 1. The van der Waals surface area contributed by atoms with Crippen molar-refractivity contribution in [3.05, 3.63) is 111 Å². The Bertz CT molecular complexity index is 1700. The number of benzene rings is 3. The molecule has 0 bridgehead atoms. The molecule has 3 aromatic carbocycles. The number of nitrogens with one attached hydrogen (secondary N) is 1. The van der Waals surface area contributed by atoms with Crippen LogP contribution >= 0.6 is 23.1 Å². The maximum absolute atomic E-state index is 14.0. The molecule has 0 spiro atoms. The number of methoxy groups -OCH3 is 1. The van der Waals surface area contributed by atoms with E-state index in [2.05, 4.69) is 34.5 Å². The average Bonchev–Trinajstić information content (AvgIpc) is 3.35. The smallest absolute Gasteiger partial charge is 0.267 e. The van der Waals surface area contributed by atoms with E-state index in [9.17, 15) is 9.59 Å². The Balaban J connectivity index is 1.29. The number of amides is 1. The number of aromatic nitrogens is 2. The van der Waals surface area contributed by atoms with Crippen LogP contribution < -0.4 is 15.6 Å². The van der Waals surface area contributed by atoms with Crippen molar-refractivity contribution in [3.8, 4) is 11.4 Å². The van der Waals surface area contributed by atoms with Gasteiger partial charge in [0.25, 0.3) is 5.56 Å². The third kappa shape index (κ3) is 5.54. The molecule has 40 heavy (non-hydrogen) atoms. The summed E-state index contributed by atoms with van der Waals surface area (Å²) in [4.78, 5) is 36.2. The quantitative estimate of drug-likeness (QED) is 0.190. The molecule has 6 rings (SSSR count). The van der Waals surface area contributed by atoms with Crippen LogP contribution in [0.5, 0.6) is 5.75 Å². The van der Waals surface area contributed by atoms with Crippen molar-refractivity contribution in [2.24, 2.45) is 0 Å². The monoisotopic (exact) mass is 568 g/mol. The van der Waals surface area contributed by atoms with Crippen molar-refractivity contribution in [3.63, 3.8) is 0 Å². The number of para-hydroxylation sites is 1. The molecule has 2 aromatic heterocycles. The van der Waals surface area contributed by atoms with Crippen molar-refractivity contribution in [2.75, 3.05) is 24.7 Å². The highest BCUT2D eigenvalue weighted by molar-refractivity contribution is 7.99. The zero-order valence-corrected chi connectivity index (χ0v) is 23.6. The molecule has 7 nitrogen and oxygen atoms in total. The molecule has 0 saturated carbocycles. The van der Waals surface area contributed by atoms with Crippen LogP contribution in [0.25, 0.3) is 15.9 Å². The predicted octanol–water partition coefficient (Wildman–Crippen LogP) is 5.74. The largest absolute Gasteiger partial charge is 0.497 e. The number of nitrogens with zero attached hydrogens (tertiary/aromatic N) is 3. The first-order valence-corrected chi connectivity index (χ1v) is 14.8. The van der Waals surface area contributed by atoms with E-state index in [1.807, 2.05) is 36.4 Å². The van der Waals surface area contributed by atoms with Gasteiger partial charge < -0.3 is 10.1 Å². The van der Waals surface area contributed by atoms with Crippen molar-refractivity contribution < 1.29 is 9.53 Å². The van der Waals surface area contributed by atoms with Gasteiger partial charge in [0.1, 0.15) is 10.6 Å². The van der Waals surface area contributed by atoms with Crippen molar-refractivity contribution in [1.29, 1.82) is 0 Å². The van der Waals surface area contributed by atoms with E-state index in [1.54, 1.807) is 47.3 Å². The van der Waals surface area contributed by atoms with Crippen molar-refractivity contribution in [1.82, 2.24) is 14.5 Å². The van der Waals surface area contributed by atoms with Gasteiger partial charge in [0.2, 0.25) is 5.91 Å². The molecule has 1 amide bonds. The topological polar surface area (TPSA) is 76.5 Å². The first-order chi connectivity index (χ1) is 19.6. The minimum absolute atomic E-state index is 0.0803. The van der Waals surface area contributed by atoms with Gasteiger partial charge in [-0.15, -0.1) is 11.3 Å². The number of hydrogen-bond donors (Lipinski definition) is 1. The summed E-state index contributed by atoms with van der Waals surface area (Å²) in [5.41, 5.74) is 3.73. The Morgan fingerprint density at radius 3 is 2.48 bits per heavy atom. The molecule has 1 N–H and O–H groups in total. The zero-order valence-electron chi connectivity index (χ0n) is 22.0. The van der Waals surface area contributed by atoms with E-state index >= 15 is 0 Å². The first-order valence-electron chi connectivity index (χ1n) is 13.0. The Labute approximate surface area is 240 Å². The summed E-state index contributed by atoms with van der Waals surface area (Å²) in [6.07, 6.45) is 0.810. The highest BCUT2D eigenvalue weighted by Crippen LogP contribution is 2.34. The minimum Gasteiger partial charge on any atom is -0.497 e. The van der Waals surface area contributed by atoms with Gasteiger partial charge in [-0.1, -0.05) is 60.3 Å². The maximum atomic E-state index is 14.0. The molecule has 0 fully saturated rings. The second-order valence-corrected chi connectivity index (χ2v) is 11.6. The number of fused-ring (bicyclic) bond motifs is 3. The molecule has 0 unspecified atom stereocenters. The maximum Gasteiger partial charge on any atom is 0.267 e. The molecular weight excluding hydrogens is 541 g/mol. The fraction of sp³-hybridized carbons (Fsp3) is 0.194. The molecule has 0 radical (unpaired) electrons. The van der Waals surface area contributed by atoms with Crippen LogP contribution in [0.15, 0.2) is 94.9 Å². The Kier molecular flexibility index (Phi) is 7.68. The number of thiophene rings is 1. The first kappa shape index (κ1) is 26.3. The fourth-order valence-corrected chi connectivity index (χ4v) is 7.07. The van der Waals surface area contributed by atoms with Gasteiger partial charge in [-0.05, 0) is 53.9 Å². The summed E-state index contributed by atoms with van der Waals surface area (Å²) >= 11 is 2.86. The van der Waals surface area contributed by atoms with E-state index in [-0.39, 0.29) is 17.2 Å². The van der Waals surface area contributed by atoms with Gasteiger partial charge in [-0.3, -0.25) is 19.1 Å². The molecule has 5 aromatic rings. The average molecular weight is 569 g/mol. The second-order valence-electron chi connectivity index (χ2n) is 9.57. The van der Waals surface area contributed by atoms with Gasteiger partial charge >= 0.3 is 0 Å². The summed E-state index contributed by atoms with van der Waals surface area (Å²) in [5.74, 6) is 0.664. The minimum atomic E-state index is -0.175. The van der Waals surface area contributed by atoms with Crippen LogP contribution in [0, 0.1) is 0 Å². The van der Waals surface area contributed by atoms with Crippen LogP contribution in [0.3, 0.4) is 0 Å². The van der Waals surface area contributed by atoms with Gasteiger partial charge in [0.05, 0.1) is 23.9 Å². The van der Waals surface area contributed by atoms with Crippen LogP contribution in [0.4, 0.5) is 5.69 Å². The van der Waals surface area contributed by atoms with Gasteiger partial charge in [-0.2, -0.15) is 0 Å². The Morgan fingerprint density at radius 2 is 1.75 bits per heavy atom. The van der Waals surface area contributed by atoms with Crippen LogP contribution in [-0.4, -0.2) is 39.8 Å². The number of carbonyl (C=O) groups excluding carboxylic acids is 1. The number of ether oxygens (including phenoxy) is 1. The lowest BCUT2D eigenvalue weighted by atomic mass is 10.0. The van der Waals surface area contributed by atoms with E-state index in [0.717, 1.165) is 47.9 Å². The number of thioether (sulfide) groups is 1.